The summed E-state index contributed by atoms with van der Waals surface area (Å²) >= 11 is 0. The SMILES string of the molecule is CCCNC(C)(CO)CCOC(C)COC. The van der Waals surface area contributed by atoms with E-state index in [2.05, 4.69) is 12.2 Å². The third-order valence-corrected chi connectivity index (χ3v) is 2.61. The molecule has 0 saturated heterocycles. The molecule has 0 aliphatic carbocycles. The van der Waals surface area contributed by atoms with Crippen molar-refractivity contribution in [2.75, 3.05) is 33.5 Å². The Labute approximate surface area is 99.3 Å². The maximum atomic E-state index is 9.34. The molecule has 0 aromatic rings. The van der Waals surface area contributed by atoms with E-state index in [-0.39, 0.29) is 18.2 Å². The van der Waals surface area contributed by atoms with Crippen molar-refractivity contribution in [1.29, 1.82) is 0 Å². The number of methoxy groups -OCH3 is 1. The lowest BCUT2D eigenvalue weighted by Gasteiger charge is -2.29. The summed E-state index contributed by atoms with van der Waals surface area (Å²) in [7, 11) is 1.67. The molecule has 0 fully saturated rings. The van der Waals surface area contributed by atoms with Gasteiger partial charge in [0.05, 0.1) is 19.3 Å². The van der Waals surface area contributed by atoms with Gasteiger partial charge in [-0.1, -0.05) is 6.92 Å². The van der Waals surface area contributed by atoms with Gasteiger partial charge in [-0.2, -0.15) is 0 Å². The number of aliphatic hydroxyl groups is 1. The first kappa shape index (κ1) is 15.8. The predicted molar refractivity (Wildman–Crippen MR) is 65.7 cm³/mol. The van der Waals surface area contributed by atoms with Crippen molar-refractivity contribution in [3.63, 3.8) is 0 Å². The van der Waals surface area contributed by atoms with Crippen LogP contribution in [0.15, 0.2) is 0 Å². The molecular weight excluding hydrogens is 206 g/mol. The highest BCUT2D eigenvalue weighted by molar-refractivity contribution is 4.81. The Morgan fingerprint density at radius 2 is 2.12 bits per heavy atom. The molecule has 2 atom stereocenters. The molecule has 0 aliphatic rings. The summed E-state index contributed by atoms with van der Waals surface area (Å²) in [6.07, 6.45) is 1.98. The minimum absolute atomic E-state index is 0.110. The van der Waals surface area contributed by atoms with E-state index in [1.54, 1.807) is 7.11 Å². The van der Waals surface area contributed by atoms with Crippen molar-refractivity contribution >= 4 is 0 Å². The highest BCUT2D eigenvalue weighted by Crippen LogP contribution is 2.09. The van der Waals surface area contributed by atoms with Crippen LogP contribution in [0, 0.1) is 0 Å². The van der Waals surface area contributed by atoms with Gasteiger partial charge in [0.1, 0.15) is 0 Å². The lowest BCUT2D eigenvalue weighted by Crippen LogP contribution is -2.47. The van der Waals surface area contributed by atoms with Crippen molar-refractivity contribution in [3.8, 4) is 0 Å². The third kappa shape index (κ3) is 7.17. The number of hydrogen-bond donors (Lipinski definition) is 2. The summed E-state index contributed by atoms with van der Waals surface area (Å²) < 4.78 is 10.6. The summed E-state index contributed by atoms with van der Waals surface area (Å²) in [4.78, 5) is 0. The van der Waals surface area contributed by atoms with E-state index in [1.807, 2.05) is 13.8 Å². The van der Waals surface area contributed by atoms with Gasteiger partial charge in [0, 0.05) is 19.3 Å². The summed E-state index contributed by atoms with van der Waals surface area (Å²) in [6.45, 7) is 8.42. The zero-order valence-corrected chi connectivity index (χ0v) is 11.1. The zero-order valence-electron chi connectivity index (χ0n) is 11.1. The van der Waals surface area contributed by atoms with E-state index < -0.39 is 0 Å². The number of aliphatic hydroxyl groups excluding tert-OH is 1. The normalized spacial score (nSPS) is 17.1. The molecule has 0 rings (SSSR count). The first-order chi connectivity index (χ1) is 7.58. The van der Waals surface area contributed by atoms with E-state index in [9.17, 15) is 5.11 Å². The van der Waals surface area contributed by atoms with Gasteiger partial charge < -0.3 is 19.9 Å². The monoisotopic (exact) mass is 233 g/mol. The smallest absolute Gasteiger partial charge is 0.0780 e. The molecule has 0 aromatic heterocycles. The highest BCUT2D eigenvalue weighted by atomic mass is 16.5. The van der Waals surface area contributed by atoms with Crippen molar-refractivity contribution in [2.24, 2.45) is 0 Å². The van der Waals surface area contributed by atoms with E-state index in [0.717, 1.165) is 19.4 Å². The number of rotatable bonds is 10. The molecule has 0 bridgehead atoms. The van der Waals surface area contributed by atoms with Crippen LogP contribution < -0.4 is 5.32 Å². The summed E-state index contributed by atoms with van der Waals surface area (Å²) in [5.41, 5.74) is -0.233. The summed E-state index contributed by atoms with van der Waals surface area (Å²) in [5, 5.41) is 12.7. The van der Waals surface area contributed by atoms with Crippen molar-refractivity contribution in [1.82, 2.24) is 5.32 Å². The maximum Gasteiger partial charge on any atom is 0.0780 e. The molecule has 0 aromatic carbocycles. The third-order valence-electron chi connectivity index (χ3n) is 2.61. The Hall–Kier alpha value is -0.160. The second-order valence-corrected chi connectivity index (χ2v) is 4.53. The van der Waals surface area contributed by atoms with Gasteiger partial charge in [-0.05, 0) is 33.2 Å². The summed E-state index contributed by atoms with van der Waals surface area (Å²) in [6, 6.07) is 0. The van der Waals surface area contributed by atoms with Gasteiger partial charge in [-0.25, -0.2) is 0 Å². The largest absolute Gasteiger partial charge is 0.394 e. The molecule has 0 spiro atoms. The first-order valence-corrected chi connectivity index (χ1v) is 6.04. The Kier molecular flexibility index (Phi) is 8.84. The van der Waals surface area contributed by atoms with Crippen LogP contribution in [0.25, 0.3) is 0 Å². The lowest BCUT2D eigenvalue weighted by molar-refractivity contribution is -0.00300. The molecule has 0 amide bonds. The molecule has 2 N–H and O–H groups in total. The van der Waals surface area contributed by atoms with Crippen molar-refractivity contribution < 1.29 is 14.6 Å². The second-order valence-electron chi connectivity index (χ2n) is 4.53. The number of ether oxygens (including phenoxy) is 2. The van der Waals surface area contributed by atoms with Crippen molar-refractivity contribution in [3.05, 3.63) is 0 Å². The van der Waals surface area contributed by atoms with Crippen LogP contribution in [0.3, 0.4) is 0 Å². The minimum Gasteiger partial charge on any atom is -0.394 e. The molecular formula is C12H27NO3. The van der Waals surface area contributed by atoms with Crippen LogP contribution in [-0.4, -0.2) is 50.2 Å². The van der Waals surface area contributed by atoms with Crippen LogP contribution >= 0.6 is 0 Å². The van der Waals surface area contributed by atoms with Crippen LogP contribution in [0.5, 0.6) is 0 Å². The summed E-state index contributed by atoms with van der Waals surface area (Å²) in [5.74, 6) is 0. The minimum atomic E-state index is -0.233. The van der Waals surface area contributed by atoms with E-state index >= 15 is 0 Å². The Bertz CT molecular complexity index is 166. The van der Waals surface area contributed by atoms with Crippen LogP contribution in [0.2, 0.25) is 0 Å². The van der Waals surface area contributed by atoms with Gasteiger partial charge in [0.2, 0.25) is 0 Å². The number of hydrogen-bond acceptors (Lipinski definition) is 4. The highest BCUT2D eigenvalue weighted by Gasteiger charge is 2.22. The fourth-order valence-electron chi connectivity index (χ4n) is 1.42. The first-order valence-electron chi connectivity index (χ1n) is 6.04. The quantitative estimate of drug-likeness (QED) is 0.595. The molecule has 2 unspecified atom stereocenters. The maximum absolute atomic E-state index is 9.34. The van der Waals surface area contributed by atoms with Gasteiger partial charge in [0.25, 0.3) is 0 Å². The number of nitrogens with one attached hydrogen (secondary N) is 1. The molecule has 98 valence electrons. The fourth-order valence-corrected chi connectivity index (χ4v) is 1.42. The van der Waals surface area contributed by atoms with E-state index in [1.165, 1.54) is 0 Å². The fraction of sp³-hybridized carbons (Fsp3) is 1.00. The van der Waals surface area contributed by atoms with Gasteiger partial charge in [-0.3, -0.25) is 0 Å². The van der Waals surface area contributed by atoms with E-state index in [4.69, 9.17) is 9.47 Å². The van der Waals surface area contributed by atoms with Crippen molar-refractivity contribution in [2.45, 2.75) is 45.3 Å². The Balaban J connectivity index is 3.76. The van der Waals surface area contributed by atoms with Gasteiger partial charge in [0.15, 0.2) is 0 Å². The Morgan fingerprint density at radius 1 is 1.44 bits per heavy atom. The lowest BCUT2D eigenvalue weighted by atomic mass is 9.99. The van der Waals surface area contributed by atoms with Crippen LogP contribution in [0.1, 0.15) is 33.6 Å². The molecule has 16 heavy (non-hydrogen) atoms. The molecule has 0 radical (unpaired) electrons. The van der Waals surface area contributed by atoms with E-state index in [0.29, 0.717) is 13.2 Å². The average molecular weight is 233 g/mol. The molecule has 0 heterocycles. The van der Waals surface area contributed by atoms with Crippen LogP contribution in [0.4, 0.5) is 0 Å². The second kappa shape index (κ2) is 8.93. The van der Waals surface area contributed by atoms with Crippen LogP contribution in [-0.2, 0) is 9.47 Å². The topological polar surface area (TPSA) is 50.7 Å². The standard InChI is InChI=1S/C12H27NO3/c1-5-7-13-12(3,10-14)6-8-16-11(2)9-15-4/h11,13-14H,5-10H2,1-4H3. The molecule has 0 saturated carbocycles. The average Bonchev–Trinajstić information content (AvgIpc) is 2.27. The molecule has 4 heteroatoms. The van der Waals surface area contributed by atoms with Gasteiger partial charge >= 0.3 is 0 Å². The Morgan fingerprint density at radius 3 is 2.62 bits per heavy atom. The van der Waals surface area contributed by atoms with Gasteiger partial charge in [-0.15, -0.1) is 0 Å². The molecule has 0 aliphatic heterocycles. The predicted octanol–water partition coefficient (Wildman–Crippen LogP) is 1.18. The zero-order chi connectivity index (χ0) is 12.4. The molecule has 4 nitrogen and oxygen atoms in total.